The molecule has 0 aliphatic rings. The van der Waals surface area contributed by atoms with Crippen LogP contribution in [0.4, 0.5) is 0 Å². The van der Waals surface area contributed by atoms with Gasteiger partial charge < -0.3 is 0 Å². The lowest BCUT2D eigenvalue weighted by atomic mass is 9.96. The summed E-state index contributed by atoms with van der Waals surface area (Å²) in [4.78, 5) is 0. The number of nitrogens with zero attached hydrogens (tertiary/aromatic N) is 2. The first-order chi connectivity index (χ1) is 9.51. The van der Waals surface area contributed by atoms with E-state index in [4.69, 9.17) is 11.6 Å². The zero-order valence-electron chi connectivity index (χ0n) is 12.2. The molecule has 1 atom stereocenters. The molecule has 0 saturated carbocycles. The first-order valence-corrected chi connectivity index (χ1v) is 8.30. The Morgan fingerprint density at radius 1 is 1.20 bits per heavy atom. The Balaban J connectivity index is 2.11. The van der Waals surface area contributed by atoms with Crippen molar-refractivity contribution >= 4 is 27.5 Å². The Morgan fingerprint density at radius 2 is 1.85 bits per heavy atom. The summed E-state index contributed by atoms with van der Waals surface area (Å²) in [6.45, 7) is 4.07. The summed E-state index contributed by atoms with van der Waals surface area (Å²) in [5.74, 6) is 0.519. The SMILES string of the molecule is Cc1ccc(CC(CBr)Cc2c(Cl)c(C)nn2C)cc1. The van der Waals surface area contributed by atoms with E-state index in [1.165, 1.54) is 11.1 Å². The van der Waals surface area contributed by atoms with Crippen molar-refractivity contribution in [2.45, 2.75) is 26.7 Å². The maximum Gasteiger partial charge on any atom is 0.0847 e. The molecule has 1 aromatic carbocycles. The molecule has 0 radical (unpaired) electrons. The number of hydrogen-bond acceptors (Lipinski definition) is 1. The van der Waals surface area contributed by atoms with Gasteiger partial charge in [0.05, 0.1) is 16.4 Å². The van der Waals surface area contributed by atoms with Crippen molar-refractivity contribution < 1.29 is 0 Å². The molecule has 0 N–H and O–H groups in total. The second-order valence-corrected chi connectivity index (χ2v) is 6.41. The quantitative estimate of drug-likeness (QED) is 0.723. The van der Waals surface area contributed by atoms with Crippen LogP contribution in [0.25, 0.3) is 0 Å². The summed E-state index contributed by atoms with van der Waals surface area (Å²) in [6, 6.07) is 8.76. The third kappa shape index (κ3) is 3.64. The number of aryl methyl sites for hydroxylation is 3. The Morgan fingerprint density at radius 3 is 2.35 bits per heavy atom. The van der Waals surface area contributed by atoms with Crippen LogP contribution in [0, 0.1) is 19.8 Å². The fraction of sp³-hybridized carbons (Fsp3) is 0.438. The van der Waals surface area contributed by atoms with E-state index in [9.17, 15) is 0 Å². The molecular formula is C16H20BrClN2. The lowest BCUT2D eigenvalue weighted by molar-refractivity contribution is 0.557. The summed E-state index contributed by atoms with van der Waals surface area (Å²) < 4.78 is 1.91. The van der Waals surface area contributed by atoms with Crippen LogP contribution in [0.3, 0.4) is 0 Å². The van der Waals surface area contributed by atoms with Crippen LogP contribution in [-0.4, -0.2) is 15.1 Å². The van der Waals surface area contributed by atoms with Gasteiger partial charge in [-0.1, -0.05) is 57.4 Å². The summed E-state index contributed by atoms with van der Waals surface area (Å²) in [7, 11) is 1.96. The van der Waals surface area contributed by atoms with Crippen molar-refractivity contribution in [2.75, 3.05) is 5.33 Å². The second kappa shape index (κ2) is 6.77. The minimum absolute atomic E-state index is 0.519. The van der Waals surface area contributed by atoms with Crippen LogP contribution < -0.4 is 0 Å². The zero-order chi connectivity index (χ0) is 14.7. The van der Waals surface area contributed by atoms with Gasteiger partial charge in [-0.2, -0.15) is 5.10 Å². The lowest BCUT2D eigenvalue weighted by Crippen LogP contribution is -2.13. The Bertz CT molecular complexity index is 575. The molecule has 0 amide bonds. The third-order valence-corrected chi connectivity index (χ3v) is 5.01. The summed E-state index contributed by atoms with van der Waals surface area (Å²) in [5, 5.41) is 6.15. The molecule has 108 valence electrons. The number of halogens is 2. The van der Waals surface area contributed by atoms with Crippen LogP contribution in [-0.2, 0) is 19.9 Å². The first-order valence-electron chi connectivity index (χ1n) is 6.80. The lowest BCUT2D eigenvalue weighted by Gasteiger charge is -2.15. The highest BCUT2D eigenvalue weighted by molar-refractivity contribution is 9.09. The molecule has 0 spiro atoms. The normalized spacial score (nSPS) is 12.7. The molecule has 0 saturated heterocycles. The van der Waals surface area contributed by atoms with Gasteiger partial charge in [0.15, 0.2) is 0 Å². The minimum atomic E-state index is 0.519. The highest BCUT2D eigenvalue weighted by Gasteiger charge is 2.17. The number of aromatic nitrogens is 2. The molecule has 1 heterocycles. The Labute approximate surface area is 134 Å². The van der Waals surface area contributed by atoms with Gasteiger partial charge in [0.25, 0.3) is 0 Å². The van der Waals surface area contributed by atoms with Gasteiger partial charge in [-0.15, -0.1) is 0 Å². The van der Waals surface area contributed by atoms with E-state index in [0.29, 0.717) is 5.92 Å². The molecule has 2 nitrogen and oxygen atoms in total. The molecule has 0 fully saturated rings. The van der Waals surface area contributed by atoms with Crippen molar-refractivity contribution in [3.63, 3.8) is 0 Å². The molecule has 1 aromatic heterocycles. The van der Waals surface area contributed by atoms with E-state index in [1.54, 1.807) is 0 Å². The zero-order valence-corrected chi connectivity index (χ0v) is 14.5. The van der Waals surface area contributed by atoms with Gasteiger partial charge in [0, 0.05) is 12.4 Å². The minimum Gasteiger partial charge on any atom is -0.271 e. The van der Waals surface area contributed by atoms with Crippen LogP contribution in [0.1, 0.15) is 22.5 Å². The molecule has 2 aromatic rings. The first kappa shape index (κ1) is 15.6. The van der Waals surface area contributed by atoms with E-state index >= 15 is 0 Å². The van der Waals surface area contributed by atoms with E-state index in [1.807, 2.05) is 18.7 Å². The van der Waals surface area contributed by atoms with E-state index in [2.05, 4.69) is 52.2 Å². The van der Waals surface area contributed by atoms with Gasteiger partial charge in [-0.3, -0.25) is 4.68 Å². The maximum atomic E-state index is 6.34. The average molecular weight is 356 g/mol. The van der Waals surface area contributed by atoms with Gasteiger partial charge >= 0.3 is 0 Å². The molecular weight excluding hydrogens is 336 g/mol. The highest BCUT2D eigenvalue weighted by atomic mass is 79.9. The highest BCUT2D eigenvalue weighted by Crippen LogP contribution is 2.24. The number of rotatable bonds is 5. The maximum absolute atomic E-state index is 6.34. The molecule has 1 unspecified atom stereocenters. The van der Waals surface area contributed by atoms with Crippen LogP contribution in [0.5, 0.6) is 0 Å². The van der Waals surface area contributed by atoms with E-state index in [-0.39, 0.29) is 0 Å². The Kier molecular flexibility index (Phi) is 5.28. The average Bonchev–Trinajstić information content (AvgIpc) is 2.66. The number of alkyl halides is 1. The molecule has 20 heavy (non-hydrogen) atoms. The largest absolute Gasteiger partial charge is 0.271 e. The molecule has 0 aliphatic heterocycles. The molecule has 2 rings (SSSR count). The van der Waals surface area contributed by atoms with Crippen molar-refractivity contribution in [2.24, 2.45) is 13.0 Å². The fourth-order valence-electron chi connectivity index (χ4n) is 2.41. The summed E-state index contributed by atoms with van der Waals surface area (Å²) in [5.41, 5.74) is 4.71. The monoisotopic (exact) mass is 354 g/mol. The van der Waals surface area contributed by atoms with Crippen molar-refractivity contribution in [1.29, 1.82) is 0 Å². The van der Waals surface area contributed by atoms with E-state index < -0.39 is 0 Å². The molecule has 0 aliphatic carbocycles. The molecule has 0 bridgehead atoms. The van der Waals surface area contributed by atoms with Gasteiger partial charge in [-0.25, -0.2) is 0 Å². The standard InChI is InChI=1S/C16H20BrClN2/c1-11-4-6-13(7-5-11)8-14(10-17)9-15-16(18)12(2)19-20(15)3/h4-7,14H,8-10H2,1-3H3. The predicted octanol–water partition coefficient (Wildman–Crippen LogP) is 4.49. The number of benzene rings is 1. The summed E-state index contributed by atoms with van der Waals surface area (Å²) in [6.07, 6.45) is 1.99. The van der Waals surface area contributed by atoms with Gasteiger partial charge in [0.2, 0.25) is 0 Å². The van der Waals surface area contributed by atoms with Gasteiger partial charge in [-0.05, 0) is 38.2 Å². The van der Waals surface area contributed by atoms with Crippen LogP contribution >= 0.6 is 27.5 Å². The van der Waals surface area contributed by atoms with Crippen molar-refractivity contribution in [1.82, 2.24) is 9.78 Å². The van der Waals surface area contributed by atoms with Crippen molar-refractivity contribution in [3.05, 3.63) is 51.8 Å². The smallest absolute Gasteiger partial charge is 0.0847 e. The van der Waals surface area contributed by atoms with Gasteiger partial charge in [0.1, 0.15) is 0 Å². The summed E-state index contributed by atoms with van der Waals surface area (Å²) >= 11 is 9.97. The van der Waals surface area contributed by atoms with E-state index in [0.717, 1.165) is 34.6 Å². The topological polar surface area (TPSA) is 17.8 Å². The second-order valence-electron chi connectivity index (χ2n) is 5.38. The van der Waals surface area contributed by atoms with Crippen molar-refractivity contribution in [3.8, 4) is 0 Å². The molecule has 4 heteroatoms. The predicted molar refractivity (Wildman–Crippen MR) is 88.8 cm³/mol. The number of hydrogen-bond donors (Lipinski definition) is 0. The Hall–Kier alpha value is -0.800. The van der Waals surface area contributed by atoms with Crippen LogP contribution in [0.2, 0.25) is 5.02 Å². The fourth-order valence-corrected chi connectivity index (χ4v) is 3.11. The van der Waals surface area contributed by atoms with Crippen LogP contribution in [0.15, 0.2) is 24.3 Å². The third-order valence-electron chi connectivity index (χ3n) is 3.61.